The van der Waals surface area contributed by atoms with Crippen molar-refractivity contribution >= 4 is 29.0 Å². The molecule has 1 aromatic rings. The van der Waals surface area contributed by atoms with Crippen molar-refractivity contribution in [1.29, 1.82) is 0 Å². The van der Waals surface area contributed by atoms with Crippen molar-refractivity contribution in [3.8, 4) is 0 Å². The van der Waals surface area contributed by atoms with Gasteiger partial charge in [-0.05, 0) is 12.1 Å². The van der Waals surface area contributed by atoms with Crippen molar-refractivity contribution in [3.05, 3.63) is 28.8 Å². The molecule has 0 amide bonds. The Bertz CT molecular complexity index is 447. The molecule has 5 nitrogen and oxygen atoms in total. The Hall–Kier alpha value is -1.59. The molecule has 0 saturated heterocycles. The van der Waals surface area contributed by atoms with Gasteiger partial charge in [-0.1, -0.05) is 17.7 Å². The van der Waals surface area contributed by atoms with E-state index in [1.807, 2.05) is 0 Å². The fraction of sp³-hybridized carbons (Fsp3) is 0.273. The van der Waals surface area contributed by atoms with E-state index in [2.05, 4.69) is 0 Å². The molecule has 0 aliphatic carbocycles. The standard InChI is InChI=1S/C11H12ClNO4/c12-8-3-1-2-7(10(8)13)11(17)6(5-14)4-9(15)16/h1-3,6,14H,4-5,13H2,(H,15,16). The average Bonchev–Trinajstić information content (AvgIpc) is 2.28. The molecule has 92 valence electrons. The molecule has 0 spiro atoms. The number of hydrogen-bond acceptors (Lipinski definition) is 4. The van der Waals surface area contributed by atoms with Crippen LogP contribution >= 0.6 is 11.6 Å². The fourth-order valence-corrected chi connectivity index (χ4v) is 1.60. The minimum atomic E-state index is -1.15. The number of Topliss-reactive ketones (excluding diaryl/α,β-unsaturated/α-hetero) is 1. The first-order valence-corrected chi connectivity index (χ1v) is 5.26. The number of halogens is 1. The minimum Gasteiger partial charge on any atom is -0.481 e. The molecule has 0 bridgehead atoms. The quantitative estimate of drug-likeness (QED) is 0.543. The molecule has 6 heteroatoms. The maximum atomic E-state index is 11.9. The summed E-state index contributed by atoms with van der Waals surface area (Å²) < 4.78 is 0. The van der Waals surface area contributed by atoms with E-state index in [1.165, 1.54) is 12.1 Å². The lowest BCUT2D eigenvalue weighted by Gasteiger charge is -2.12. The molecule has 0 radical (unpaired) electrons. The van der Waals surface area contributed by atoms with Gasteiger partial charge in [-0.25, -0.2) is 0 Å². The number of carbonyl (C=O) groups is 2. The van der Waals surface area contributed by atoms with Gasteiger partial charge in [-0.3, -0.25) is 9.59 Å². The maximum Gasteiger partial charge on any atom is 0.304 e. The van der Waals surface area contributed by atoms with E-state index >= 15 is 0 Å². The highest BCUT2D eigenvalue weighted by atomic mass is 35.5. The Kier molecular flexibility index (Phi) is 4.48. The van der Waals surface area contributed by atoms with Gasteiger partial charge in [0.1, 0.15) is 0 Å². The van der Waals surface area contributed by atoms with Crippen LogP contribution in [0.2, 0.25) is 5.02 Å². The lowest BCUT2D eigenvalue weighted by molar-refractivity contribution is -0.138. The predicted molar refractivity (Wildman–Crippen MR) is 63.0 cm³/mol. The number of rotatable bonds is 5. The predicted octanol–water partition coefficient (Wildman–Crippen LogP) is 1.19. The van der Waals surface area contributed by atoms with Crippen molar-refractivity contribution in [2.75, 3.05) is 12.3 Å². The smallest absolute Gasteiger partial charge is 0.304 e. The molecule has 0 saturated carbocycles. The summed E-state index contributed by atoms with van der Waals surface area (Å²) in [6, 6.07) is 4.52. The second-order valence-electron chi connectivity index (χ2n) is 3.54. The van der Waals surface area contributed by atoms with E-state index in [9.17, 15) is 9.59 Å². The van der Waals surface area contributed by atoms with E-state index in [4.69, 9.17) is 27.5 Å². The van der Waals surface area contributed by atoms with Crippen molar-refractivity contribution in [2.45, 2.75) is 6.42 Å². The Morgan fingerprint density at radius 3 is 2.59 bits per heavy atom. The monoisotopic (exact) mass is 257 g/mol. The molecule has 1 unspecified atom stereocenters. The number of para-hydroxylation sites is 1. The van der Waals surface area contributed by atoms with Crippen LogP contribution in [0.25, 0.3) is 0 Å². The van der Waals surface area contributed by atoms with Crippen molar-refractivity contribution in [1.82, 2.24) is 0 Å². The summed E-state index contributed by atoms with van der Waals surface area (Å²) in [7, 11) is 0. The van der Waals surface area contributed by atoms with E-state index in [0.717, 1.165) is 0 Å². The SMILES string of the molecule is Nc1c(Cl)cccc1C(=O)C(CO)CC(=O)O. The summed E-state index contributed by atoms with van der Waals surface area (Å²) in [6.45, 7) is -0.545. The maximum absolute atomic E-state index is 11.9. The lowest BCUT2D eigenvalue weighted by Crippen LogP contribution is -2.23. The minimum absolute atomic E-state index is 0.100. The molecule has 0 heterocycles. The summed E-state index contributed by atoms with van der Waals surface area (Å²) in [4.78, 5) is 22.5. The number of carbonyl (C=O) groups excluding carboxylic acids is 1. The molecule has 1 rings (SSSR count). The first kappa shape index (κ1) is 13.5. The van der Waals surface area contributed by atoms with Gasteiger partial charge in [0.2, 0.25) is 0 Å². The molecule has 4 N–H and O–H groups in total. The number of hydrogen-bond donors (Lipinski definition) is 3. The highest BCUT2D eigenvalue weighted by Gasteiger charge is 2.24. The van der Waals surface area contributed by atoms with Crippen LogP contribution in [0.5, 0.6) is 0 Å². The van der Waals surface area contributed by atoms with Crippen LogP contribution < -0.4 is 5.73 Å². The number of aliphatic hydroxyl groups is 1. The average molecular weight is 258 g/mol. The van der Waals surface area contributed by atoms with Gasteiger partial charge in [0.15, 0.2) is 5.78 Å². The number of benzene rings is 1. The zero-order valence-corrected chi connectivity index (χ0v) is 9.65. The van der Waals surface area contributed by atoms with Crippen LogP contribution in [-0.2, 0) is 4.79 Å². The third-order valence-electron chi connectivity index (χ3n) is 2.33. The van der Waals surface area contributed by atoms with Gasteiger partial charge in [0, 0.05) is 5.56 Å². The van der Waals surface area contributed by atoms with E-state index < -0.39 is 30.7 Å². The normalized spacial score (nSPS) is 12.1. The molecule has 0 aliphatic rings. The second kappa shape index (κ2) is 5.65. The van der Waals surface area contributed by atoms with Crippen LogP contribution in [0.15, 0.2) is 18.2 Å². The Balaban J connectivity index is 3.02. The topological polar surface area (TPSA) is 101 Å². The molecule has 17 heavy (non-hydrogen) atoms. The highest BCUT2D eigenvalue weighted by Crippen LogP contribution is 2.25. The summed E-state index contributed by atoms with van der Waals surface area (Å²) in [5.41, 5.74) is 5.86. The first-order chi connectivity index (χ1) is 7.97. The van der Waals surface area contributed by atoms with Crippen LogP contribution in [0, 0.1) is 5.92 Å². The van der Waals surface area contributed by atoms with Gasteiger partial charge in [-0.2, -0.15) is 0 Å². The van der Waals surface area contributed by atoms with Crippen molar-refractivity contribution < 1.29 is 19.8 Å². The fourth-order valence-electron chi connectivity index (χ4n) is 1.42. The Labute approximate surface area is 103 Å². The number of nitrogen functional groups attached to an aromatic ring is 1. The lowest BCUT2D eigenvalue weighted by atomic mass is 9.94. The third kappa shape index (κ3) is 3.18. The molecule has 1 aromatic carbocycles. The largest absolute Gasteiger partial charge is 0.481 e. The van der Waals surface area contributed by atoms with Gasteiger partial charge < -0.3 is 15.9 Å². The molecule has 0 aliphatic heterocycles. The number of aliphatic hydroxyl groups excluding tert-OH is 1. The zero-order chi connectivity index (χ0) is 13.0. The van der Waals surface area contributed by atoms with E-state index in [-0.39, 0.29) is 16.3 Å². The molecular weight excluding hydrogens is 246 g/mol. The molecule has 1 atom stereocenters. The second-order valence-corrected chi connectivity index (χ2v) is 3.95. The van der Waals surface area contributed by atoms with E-state index in [0.29, 0.717) is 0 Å². The zero-order valence-electron chi connectivity index (χ0n) is 8.89. The summed E-state index contributed by atoms with van der Waals surface area (Å²) in [5, 5.41) is 17.8. The van der Waals surface area contributed by atoms with Crippen LogP contribution in [-0.4, -0.2) is 28.6 Å². The van der Waals surface area contributed by atoms with Crippen LogP contribution in [0.3, 0.4) is 0 Å². The molecule has 0 fully saturated rings. The number of ketones is 1. The number of carboxylic acid groups (broad SMARTS) is 1. The Morgan fingerprint density at radius 1 is 1.41 bits per heavy atom. The number of nitrogens with two attached hydrogens (primary N) is 1. The first-order valence-electron chi connectivity index (χ1n) is 4.88. The van der Waals surface area contributed by atoms with Crippen LogP contribution in [0.4, 0.5) is 5.69 Å². The highest BCUT2D eigenvalue weighted by molar-refractivity contribution is 6.34. The van der Waals surface area contributed by atoms with Crippen LogP contribution in [0.1, 0.15) is 16.8 Å². The van der Waals surface area contributed by atoms with Crippen molar-refractivity contribution in [3.63, 3.8) is 0 Å². The number of anilines is 1. The number of carboxylic acids is 1. The summed E-state index contributed by atoms with van der Waals surface area (Å²) in [6.07, 6.45) is -0.443. The third-order valence-corrected chi connectivity index (χ3v) is 2.66. The Morgan fingerprint density at radius 2 is 2.06 bits per heavy atom. The van der Waals surface area contributed by atoms with Gasteiger partial charge in [0.25, 0.3) is 0 Å². The molecule has 0 aromatic heterocycles. The molecular formula is C11H12ClNO4. The summed E-state index contributed by atoms with van der Waals surface area (Å²) >= 11 is 5.76. The summed E-state index contributed by atoms with van der Waals surface area (Å²) in [5.74, 6) is -2.68. The van der Waals surface area contributed by atoms with Gasteiger partial charge >= 0.3 is 5.97 Å². The van der Waals surface area contributed by atoms with Crippen molar-refractivity contribution in [2.24, 2.45) is 5.92 Å². The van der Waals surface area contributed by atoms with Gasteiger partial charge in [0.05, 0.1) is 29.7 Å². The van der Waals surface area contributed by atoms with Gasteiger partial charge in [-0.15, -0.1) is 0 Å². The number of aliphatic carboxylic acids is 1. The van der Waals surface area contributed by atoms with E-state index in [1.54, 1.807) is 6.07 Å².